The lowest BCUT2D eigenvalue weighted by molar-refractivity contribution is 0.302. The zero-order valence-corrected chi connectivity index (χ0v) is 12.3. The monoisotopic (exact) mass is 267 g/mol. The molecule has 0 bridgehead atoms. The van der Waals surface area contributed by atoms with Gasteiger partial charge in [-0.3, -0.25) is 0 Å². The van der Waals surface area contributed by atoms with Gasteiger partial charge in [-0.15, -0.1) is 0 Å². The van der Waals surface area contributed by atoms with Crippen molar-refractivity contribution in [2.24, 2.45) is 0 Å². The van der Waals surface area contributed by atoms with Gasteiger partial charge in [0.25, 0.3) is 0 Å². The Balaban J connectivity index is 2.37. The van der Waals surface area contributed by atoms with Crippen LogP contribution in [0.5, 0.6) is 5.75 Å². The van der Waals surface area contributed by atoms with Gasteiger partial charge in [0.05, 0.1) is 6.61 Å². The third-order valence-corrected chi connectivity index (χ3v) is 3.39. The fraction of sp³-hybridized carbons (Fsp3) is 0.625. The maximum Gasteiger partial charge on any atom is 0.131 e. The van der Waals surface area contributed by atoms with E-state index in [4.69, 9.17) is 4.74 Å². The Labute approximate surface area is 116 Å². The standard InChI is InChI=1S/C16H26FNO/c1-4-5-6-7-8-11-19-14-9-10-15(13(2)18-3)16(17)12-14/h9-10,12-13,18H,4-8,11H2,1-3H3. The predicted octanol–water partition coefficient (Wildman–Crippen LogP) is 4.46. The largest absolute Gasteiger partial charge is 0.493 e. The van der Waals surface area contributed by atoms with E-state index in [-0.39, 0.29) is 11.9 Å². The van der Waals surface area contributed by atoms with E-state index in [9.17, 15) is 4.39 Å². The van der Waals surface area contributed by atoms with Crippen LogP contribution in [-0.4, -0.2) is 13.7 Å². The van der Waals surface area contributed by atoms with Crippen molar-refractivity contribution >= 4 is 0 Å². The van der Waals surface area contributed by atoms with Gasteiger partial charge in [-0.25, -0.2) is 4.39 Å². The number of hydrogen-bond acceptors (Lipinski definition) is 2. The normalized spacial score (nSPS) is 12.4. The zero-order valence-electron chi connectivity index (χ0n) is 12.3. The molecule has 0 amide bonds. The van der Waals surface area contributed by atoms with Crippen molar-refractivity contribution in [2.75, 3.05) is 13.7 Å². The van der Waals surface area contributed by atoms with Gasteiger partial charge in [0.15, 0.2) is 0 Å². The number of hydrogen-bond donors (Lipinski definition) is 1. The van der Waals surface area contributed by atoms with Crippen molar-refractivity contribution in [2.45, 2.75) is 52.0 Å². The third kappa shape index (κ3) is 5.60. The summed E-state index contributed by atoms with van der Waals surface area (Å²) in [7, 11) is 1.82. The van der Waals surface area contributed by atoms with Gasteiger partial charge in [0.1, 0.15) is 11.6 Å². The predicted molar refractivity (Wildman–Crippen MR) is 78.1 cm³/mol. The van der Waals surface area contributed by atoms with Crippen molar-refractivity contribution < 1.29 is 9.13 Å². The molecule has 0 aliphatic rings. The van der Waals surface area contributed by atoms with Crippen LogP contribution < -0.4 is 10.1 Å². The average molecular weight is 267 g/mol. The van der Waals surface area contributed by atoms with Crippen LogP contribution >= 0.6 is 0 Å². The lowest BCUT2D eigenvalue weighted by Crippen LogP contribution is -2.13. The summed E-state index contributed by atoms with van der Waals surface area (Å²) < 4.78 is 19.4. The van der Waals surface area contributed by atoms with E-state index in [1.54, 1.807) is 6.07 Å². The van der Waals surface area contributed by atoms with Crippen LogP contribution in [0.2, 0.25) is 0 Å². The Morgan fingerprint density at radius 1 is 1.21 bits per heavy atom. The molecule has 0 aliphatic heterocycles. The summed E-state index contributed by atoms with van der Waals surface area (Å²) in [5, 5.41) is 3.03. The van der Waals surface area contributed by atoms with Crippen LogP contribution in [0.1, 0.15) is 57.6 Å². The number of halogens is 1. The van der Waals surface area contributed by atoms with Crippen LogP contribution in [-0.2, 0) is 0 Å². The fourth-order valence-corrected chi connectivity index (χ4v) is 2.00. The third-order valence-electron chi connectivity index (χ3n) is 3.39. The summed E-state index contributed by atoms with van der Waals surface area (Å²) in [4.78, 5) is 0. The lowest BCUT2D eigenvalue weighted by Gasteiger charge is -2.13. The molecule has 1 rings (SSSR count). The molecule has 0 saturated heterocycles. The van der Waals surface area contributed by atoms with E-state index in [0.29, 0.717) is 17.9 Å². The summed E-state index contributed by atoms with van der Waals surface area (Å²) in [6, 6.07) is 5.14. The molecular weight excluding hydrogens is 241 g/mol. The van der Waals surface area contributed by atoms with Gasteiger partial charge in [-0.05, 0) is 26.5 Å². The molecule has 0 saturated carbocycles. The molecule has 0 spiro atoms. The SMILES string of the molecule is CCCCCCCOc1ccc(C(C)NC)c(F)c1. The lowest BCUT2D eigenvalue weighted by atomic mass is 10.1. The first kappa shape index (κ1) is 16.0. The summed E-state index contributed by atoms with van der Waals surface area (Å²) in [6.45, 7) is 4.81. The Morgan fingerprint density at radius 3 is 2.58 bits per heavy atom. The molecule has 19 heavy (non-hydrogen) atoms. The van der Waals surface area contributed by atoms with Crippen molar-refractivity contribution in [1.82, 2.24) is 5.32 Å². The van der Waals surface area contributed by atoms with Crippen molar-refractivity contribution in [3.05, 3.63) is 29.6 Å². The van der Waals surface area contributed by atoms with E-state index >= 15 is 0 Å². The maximum atomic E-state index is 13.8. The molecule has 0 aliphatic carbocycles. The molecule has 0 aromatic heterocycles. The topological polar surface area (TPSA) is 21.3 Å². The Bertz CT molecular complexity index is 368. The molecule has 1 atom stereocenters. The van der Waals surface area contributed by atoms with Crippen LogP contribution in [0.15, 0.2) is 18.2 Å². The molecule has 3 heteroatoms. The minimum atomic E-state index is -0.203. The summed E-state index contributed by atoms with van der Waals surface area (Å²) >= 11 is 0. The van der Waals surface area contributed by atoms with E-state index in [2.05, 4.69) is 12.2 Å². The highest BCUT2D eigenvalue weighted by Crippen LogP contribution is 2.21. The molecule has 0 fully saturated rings. The van der Waals surface area contributed by atoms with E-state index in [1.807, 2.05) is 20.0 Å². The van der Waals surface area contributed by atoms with Gasteiger partial charge >= 0.3 is 0 Å². The van der Waals surface area contributed by atoms with Gasteiger partial charge < -0.3 is 10.1 Å². The second-order valence-electron chi connectivity index (χ2n) is 4.96. The van der Waals surface area contributed by atoms with Crippen molar-refractivity contribution in [3.63, 3.8) is 0 Å². The van der Waals surface area contributed by atoms with Gasteiger partial charge in [-0.1, -0.05) is 38.7 Å². The number of nitrogens with one attached hydrogen (secondary N) is 1. The minimum absolute atomic E-state index is 0.0168. The molecule has 1 aromatic carbocycles. The second kappa shape index (κ2) is 8.92. The first-order valence-electron chi connectivity index (χ1n) is 7.28. The summed E-state index contributed by atoms with van der Waals surface area (Å²) in [5.41, 5.74) is 0.679. The number of unbranched alkanes of at least 4 members (excludes halogenated alkanes) is 4. The highest BCUT2D eigenvalue weighted by Gasteiger charge is 2.09. The first-order chi connectivity index (χ1) is 9.19. The van der Waals surface area contributed by atoms with Crippen LogP contribution in [0, 0.1) is 5.82 Å². The smallest absolute Gasteiger partial charge is 0.131 e. The zero-order chi connectivity index (χ0) is 14.1. The minimum Gasteiger partial charge on any atom is -0.493 e. The molecule has 1 aromatic rings. The highest BCUT2D eigenvalue weighted by atomic mass is 19.1. The molecule has 1 unspecified atom stereocenters. The van der Waals surface area contributed by atoms with E-state index < -0.39 is 0 Å². The Morgan fingerprint density at radius 2 is 1.95 bits per heavy atom. The van der Waals surface area contributed by atoms with Crippen LogP contribution in [0.3, 0.4) is 0 Å². The number of ether oxygens (including phenoxy) is 1. The number of rotatable bonds is 9. The van der Waals surface area contributed by atoms with E-state index in [0.717, 1.165) is 6.42 Å². The van der Waals surface area contributed by atoms with Gasteiger partial charge in [-0.2, -0.15) is 0 Å². The molecule has 108 valence electrons. The Kier molecular flexibility index (Phi) is 7.49. The highest BCUT2D eigenvalue weighted by molar-refractivity contribution is 5.30. The van der Waals surface area contributed by atoms with Gasteiger partial charge in [0, 0.05) is 17.7 Å². The quantitative estimate of drug-likeness (QED) is 0.667. The van der Waals surface area contributed by atoms with Gasteiger partial charge in [0.2, 0.25) is 0 Å². The Hall–Kier alpha value is -1.09. The second-order valence-corrected chi connectivity index (χ2v) is 4.96. The number of benzene rings is 1. The first-order valence-corrected chi connectivity index (χ1v) is 7.28. The fourth-order valence-electron chi connectivity index (χ4n) is 2.00. The molecule has 0 radical (unpaired) electrons. The molecule has 1 N–H and O–H groups in total. The van der Waals surface area contributed by atoms with Crippen LogP contribution in [0.25, 0.3) is 0 Å². The molecular formula is C16H26FNO. The van der Waals surface area contributed by atoms with Crippen LogP contribution in [0.4, 0.5) is 4.39 Å². The average Bonchev–Trinajstić information content (AvgIpc) is 2.42. The van der Waals surface area contributed by atoms with Crippen molar-refractivity contribution in [3.8, 4) is 5.75 Å². The maximum absolute atomic E-state index is 13.8. The molecule has 0 heterocycles. The molecule has 2 nitrogen and oxygen atoms in total. The summed E-state index contributed by atoms with van der Waals surface area (Å²) in [5.74, 6) is 0.422. The van der Waals surface area contributed by atoms with Crippen molar-refractivity contribution in [1.29, 1.82) is 0 Å². The van der Waals surface area contributed by atoms with E-state index in [1.165, 1.54) is 31.7 Å². The summed E-state index contributed by atoms with van der Waals surface area (Å²) in [6.07, 6.45) is 6.01.